The Bertz CT molecular complexity index is 818. The quantitative estimate of drug-likeness (QED) is 0.845. The molecule has 1 aliphatic heterocycles. The topological polar surface area (TPSA) is 44.8 Å². The Hall–Kier alpha value is -2.90. The second-order valence-corrected chi connectivity index (χ2v) is 6.47. The fourth-order valence-electron chi connectivity index (χ4n) is 3.18. The van der Waals surface area contributed by atoms with Crippen molar-refractivity contribution >= 4 is 17.3 Å². The van der Waals surface area contributed by atoms with Crippen molar-refractivity contribution in [2.24, 2.45) is 0 Å². The summed E-state index contributed by atoms with van der Waals surface area (Å²) in [6.07, 6.45) is -4.41. The minimum Gasteiger partial charge on any atom is -0.495 e. The molecule has 1 saturated heterocycles. The number of carbonyl (C=O) groups is 1. The van der Waals surface area contributed by atoms with Crippen molar-refractivity contribution in [3.63, 3.8) is 0 Å². The molecule has 1 amide bonds. The molecule has 1 aliphatic rings. The number of methoxy groups -OCH3 is 1. The number of alkyl halides is 3. The first kappa shape index (κ1) is 19.9. The summed E-state index contributed by atoms with van der Waals surface area (Å²) in [6.45, 7) is 2.36. The van der Waals surface area contributed by atoms with Gasteiger partial charge in [0.2, 0.25) is 5.91 Å². The lowest BCUT2D eigenvalue weighted by molar-refractivity contribution is -0.137. The number of nitrogens with zero attached hydrogens (tertiary/aromatic N) is 2. The first-order valence-electron chi connectivity index (χ1n) is 8.95. The average molecular weight is 393 g/mol. The van der Waals surface area contributed by atoms with Crippen LogP contribution in [0.3, 0.4) is 0 Å². The third-order valence-electron chi connectivity index (χ3n) is 4.69. The van der Waals surface area contributed by atoms with Crippen LogP contribution in [0.5, 0.6) is 5.75 Å². The van der Waals surface area contributed by atoms with E-state index in [0.717, 1.165) is 23.6 Å². The van der Waals surface area contributed by atoms with Gasteiger partial charge in [0.25, 0.3) is 0 Å². The normalized spacial score (nSPS) is 14.7. The molecule has 0 radical (unpaired) electrons. The minimum absolute atomic E-state index is 0.0457. The molecular formula is C20H22F3N3O2. The molecule has 2 aromatic rings. The molecule has 8 heteroatoms. The van der Waals surface area contributed by atoms with Gasteiger partial charge in [-0.3, -0.25) is 4.79 Å². The van der Waals surface area contributed by atoms with Crippen LogP contribution in [0.1, 0.15) is 5.56 Å². The molecule has 0 aliphatic carbocycles. The predicted molar refractivity (Wildman–Crippen MR) is 102 cm³/mol. The lowest BCUT2D eigenvalue weighted by Gasteiger charge is -2.36. The summed E-state index contributed by atoms with van der Waals surface area (Å²) in [5, 5.41) is 2.79. The van der Waals surface area contributed by atoms with E-state index < -0.39 is 11.7 Å². The van der Waals surface area contributed by atoms with Crippen molar-refractivity contribution in [1.29, 1.82) is 0 Å². The van der Waals surface area contributed by atoms with Gasteiger partial charge >= 0.3 is 6.18 Å². The maximum atomic E-state index is 12.8. The predicted octanol–water partition coefficient (Wildman–Crippen LogP) is 3.47. The molecule has 1 fully saturated rings. The second-order valence-electron chi connectivity index (χ2n) is 6.47. The molecule has 2 aromatic carbocycles. The maximum Gasteiger partial charge on any atom is 0.416 e. The van der Waals surface area contributed by atoms with Gasteiger partial charge in [-0.05, 0) is 30.3 Å². The fourth-order valence-corrected chi connectivity index (χ4v) is 3.18. The average Bonchev–Trinajstić information content (AvgIpc) is 2.71. The second kappa shape index (κ2) is 8.41. The number of piperazine rings is 1. The first-order chi connectivity index (χ1) is 13.4. The lowest BCUT2D eigenvalue weighted by Crippen LogP contribution is -2.50. The number of benzene rings is 2. The monoisotopic (exact) mass is 393 g/mol. The van der Waals surface area contributed by atoms with Crippen LogP contribution in [0.25, 0.3) is 0 Å². The molecule has 0 saturated carbocycles. The van der Waals surface area contributed by atoms with Crippen LogP contribution in [-0.2, 0) is 11.0 Å². The van der Waals surface area contributed by atoms with Crippen LogP contribution in [0.15, 0.2) is 48.5 Å². The number of rotatable bonds is 5. The molecule has 3 rings (SSSR count). The first-order valence-corrected chi connectivity index (χ1v) is 8.95. The third kappa shape index (κ3) is 4.68. The molecule has 150 valence electrons. The molecular weight excluding hydrogens is 371 g/mol. The standard InChI is InChI=1S/C20H22F3N3O2/c1-28-18-8-3-2-7-17(18)25-9-11-26(12-10-25)19(27)14-24-16-6-4-5-15(13-16)20(21,22)23/h2-8,13,24H,9-12,14H2,1H3. The van der Waals surface area contributed by atoms with Gasteiger partial charge in [-0.15, -0.1) is 0 Å². The van der Waals surface area contributed by atoms with E-state index in [4.69, 9.17) is 4.74 Å². The van der Waals surface area contributed by atoms with Crippen molar-refractivity contribution in [2.45, 2.75) is 6.18 Å². The van der Waals surface area contributed by atoms with Crippen molar-refractivity contribution in [1.82, 2.24) is 4.90 Å². The number of carbonyl (C=O) groups excluding carboxylic acids is 1. The number of hydrogen-bond donors (Lipinski definition) is 1. The number of anilines is 2. The highest BCUT2D eigenvalue weighted by Crippen LogP contribution is 2.31. The van der Waals surface area contributed by atoms with Crippen molar-refractivity contribution in [2.75, 3.05) is 50.1 Å². The van der Waals surface area contributed by atoms with Crippen LogP contribution in [-0.4, -0.2) is 50.6 Å². The van der Waals surface area contributed by atoms with Crippen LogP contribution in [0.2, 0.25) is 0 Å². The van der Waals surface area contributed by atoms with Crippen LogP contribution >= 0.6 is 0 Å². The highest BCUT2D eigenvalue weighted by atomic mass is 19.4. The summed E-state index contributed by atoms with van der Waals surface area (Å²) in [7, 11) is 1.62. The zero-order chi connectivity index (χ0) is 20.1. The van der Waals surface area contributed by atoms with Crippen molar-refractivity contribution in [3.8, 4) is 5.75 Å². The van der Waals surface area contributed by atoms with E-state index in [1.165, 1.54) is 12.1 Å². The number of nitrogens with one attached hydrogen (secondary N) is 1. The molecule has 1 N–H and O–H groups in total. The van der Waals surface area contributed by atoms with Gasteiger partial charge in [-0.1, -0.05) is 18.2 Å². The zero-order valence-corrected chi connectivity index (χ0v) is 15.5. The molecule has 28 heavy (non-hydrogen) atoms. The molecule has 0 atom stereocenters. The van der Waals surface area contributed by atoms with E-state index >= 15 is 0 Å². The Balaban J connectivity index is 1.53. The molecule has 0 unspecified atom stereocenters. The van der Waals surface area contributed by atoms with Gasteiger partial charge in [0, 0.05) is 31.9 Å². The highest BCUT2D eigenvalue weighted by Gasteiger charge is 2.30. The van der Waals surface area contributed by atoms with Crippen molar-refractivity contribution in [3.05, 3.63) is 54.1 Å². The molecule has 1 heterocycles. The molecule has 5 nitrogen and oxygen atoms in total. The van der Waals surface area contributed by atoms with Crippen LogP contribution in [0.4, 0.5) is 24.5 Å². The zero-order valence-electron chi connectivity index (χ0n) is 15.5. The Morgan fingerprint density at radius 1 is 1.07 bits per heavy atom. The SMILES string of the molecule is COc1ccccc1N1CCN(C(=O)CNc2cccc(C(F)(F)F)c2)CC1. The van der Waals surface area contributed by atoms with E-state index in [0.29, 0.717) is 26.2 Å². The molecule has 0 aromatic heterocycles. The Morgan fingerprint density at radius 3 is 2.46 bits per heavy atom. The minimum atomic E-state index is -4.41. The molecule has 0 bridgehead atoms. The van der Waals surface area contributed by atoms with Crippen LogP contribution < -0.4 is 15.0 Å². The summed E-state index contributed by atoms with van der Waals surface area (Å²) >= 11 is 0. The summed E-state index contributed by atoms with van der Waals surface area (Å²) in [4.78, 5) is 16.3. The van der Waals surface area contributed by atoms with E-state index in [-0.39, 0.29) is 18.1 Å². The van der Waals surface area contributed by atoms with Gasteiger partial charge in [0.15, 0.2) is 0 Å². The number of amides is 1. The lowest BCUT2D eigenvalue weighted by atomic mass is 10.2. The van der Waals surface area contributed by atoms with Gasteiger partial charge in [0.05, 0.1) is 24.9 Å². The number of hydrogen-bond acceptors (Lipinski definition) is 4. The number of halogens is 3. The van der Waals surface area contributed by atoms with Gasteiger partial charge in [0.1, 0.15) is 5.75 Å². The van der Waals surface area contributed by atoms with E-state index in [2.05, 4.69) is 10.2 Å². The summed E-state index contributed by atoms with van der Waals surface area (Å²) in [5.41, 5.74) is 0.519. The Kier molecular flexibility index (Phi) is 5.96. The molecule has 0 spiro atoms. The fraction of sp³-hybridized carbons (Fsp3) is 0.350. The van der Waals surface area contributed by atoms with E-state index in [1.807, 2.05) is 24.3 Å². The summed E-state index contributed by atoms with van der Waals surface area (Å²) in [6, 6.07) is 12.6. The Labute approximate surface area is 161 Å². The smallest absolute Gasteiger partial charge is 0.416 e. The Morgan fingerprint density at radius 2 is 1.79 bits per heavy atom. The van der Waals surface area contributed by atoms with Crippen molar-refractivity contribution < 1.29 is 22.7 Å². The van der Waals surface area contributed by atoms with Gasteiger partial charge < -0.3 is 19.9 Å². The van der Waals surface area contributed by atoms with Crippen LogP contribution in [0, 0.1) is 0 Å². The van der Waals surface area contributed by atoms with E-state index in [9.17, 15) is 18.0 Å². The summed E-state index contributed by atoms with van der Waals surface area (Å²) < 4.78 is 43.7. The van der Waals surface area contributed by atoms with E-state index in [1.54, 1.807) is 12.0 Å². The maximum absolute atomic E-state index is 12.8. The summed E-state index contributed by atoms with van der Waals surface area (Å²) in [5.74, 6) is 0.644. The largest absolute Gasteiger partial charge is 0.495 e. The highest BCUT2D eigenvalue weighted by molar-refractivity contribution is 5.81. The number of ether oxygens (including phenoxy) is 1. The number of para-hydroxylation sites is 2. The van der Waals surface area contributed by atoms with Gasteiger partial charge in [-0.2, -0.15) is 13.2 Å². The van der Waals surface area contributed by atoms with Gasteiger partial charge in [-0.25, -0.2) is 0 Å². The third-order valence-corrected chi connectivity index (χ3v) is 4.69.